The largest absolute Gasteiger partial charge is 0.469 e. The Labute approximate surface area is 189 Å². The number of nitrogens with zero attached hydrogens (tertiary/aromatic N) is 3. The Morgan fingerprint density at radius 3 is 2.81 bits per heavy atom. The Balaban J connectivity index is 1.48. The number of benzene rings is 1. The maximum atomic E-state index is 10.9. The first-order chi connectivity index (χ1) is 15.2. The van der Waals surface area contributed by atoms with Gasteiger partial charge in [0.05, 0.1) is 17.4 Å². The van der Waals surface area contributed by atoms with E-state index >= 15 is 0 Å². The second-order valence-electron chi connectivity index (χ2n) is 6.83. The molecular formula is C17H19BrN5O8P. The molecule has 15 heteroatoms. The van der Waals surface area contributed by atoms with E-state index in [0.717, 1.165) is 0 Å². The lowest BCUT2D eigenvalue weighted by atomic mass is 10.1. The Bertz CT molecular complexity index is 1140. The molecule has 0 bridgehead atoms. The molecular weight excluding hydrogens is 513 g/mol. The van der Waals surface area contributed by atoms with E-state index in [1.165, 1.54) is 12.7 Å². The molecule has 1 saturated heterocycles. The van der Waals surface area contributed by atoms with E-state index in [1.807, 2.05) is 0 Å². The lowest BCUT2D eigenvalue weighted by Crippen LogP contribution is -2.36. The van der Waals surface area contributed by atoms with Crippen LogP contribution in [0.2, 0.25) is 0 Å². The summed E-state index contributed by atoms with van der Waals surface area (Å²) in [6.07, 6.45) is -2.54. The number of H-pyrrole nitrogens is 1. The number of hydrogen-bond donors (Lipinski definition) is 6. The van der Waals surface area contributed by atoms with Crippen molar-refractivity contribution in [1.29, 1.82) is 0 Å². The Morgan fingerprint density at radius 1 is 1.22 bits per heavy atom. The van der Waals surface area contributed by atoms with Gasteiger partial charge in [-0.1, -0.05) is 12.1 Å². The van der Waals surface area contributed by atoms with E-state index in [2.05, 4.69) is 45.7 Å². The number of rotatable bonds is 8. The lowest BCUT2D eigenvalue weighted by molar-refractivity contribution is -0.116. The number of anilines is 1. The van der Waals surface area contributed by atoms with Crippen molar-refractivity contribution in [2.75, 3.05) is 11.9 Å². The van der Waals surface area contributed by atoms with Gasteiger partial charge in [0.2, 0.25) is 6.29 Å². The average Bonchev–Trinajstić information content (AvgIpc) is 3.33. The first kappa shape index (κ1) is 23.0. The number of halogens is 1. The van der Waals surface area contributed by atoms with Crippen molar-refractivity contribution in [2.45, 2.75) is 31.1 Å². The zero-order valence-electron chi connectivity index (χ0n) is 16.2. The fourth-order valence-corrected chi connectivity index (χ4v) is 3.98. The second-order valence-corrected chi connectivity index (χ2v) is 8.93. The number of phosphoric ester groups is 1. The summed E-state index contributed by atoms with van der Waals surface area (Å²) in [5, 5.41) is 23.6. The predicted molar refractivity (Wildman–Crippen MR) is 112 cm³/mol. The Morgan fingerprint density at radius 2 is 2.03 bits per heavy atom. The number of nitrogens with one attached hydrogen (secondary N) is 2. The first-order valence-corrected chi connectivity index (χ1v) is 11.6. The number of fused-ring (bicyclic) bond motifs is 1. The molecule has 0 radical (unpaired) electrons. The summed E-state index contributed by atoms with van der Waals surface area (Å²) < 4.78 is 27.1. The molecule has 3 heterocycles. The Kier molecular flexibility index (Phi) is 6.74. The van der Waals surface area contributed by atoms with E-state index in [9.17, 15) is 14.8 Å². The van der Waals surface area contributed by atoms with Gasteiger partial charge in [-0.05, 0) is 22.0 Å². The number of para-hydroxylation sites is 1. The third-order valence-electron chi connectivity index (χ3n) is 4.68. The van der Waals surface area contributed by atoms with Gasteiger partial charge in [-0.15, -0.1) is 0 Å². The minimum absolute atomic E-state index is 0.274. The van der Waals surface area contributed by atoms with E-state index in [1.54, 1.807) is 18.2 Å². The lowest BCUT2D eigenvalue weighted by Gasteiger charge is -2.20. The van der Waals surface area contributed by atoms with Gasteiger partial charge < -0.3 is 39.8 Å². The van der Waals surface area contributed by atoms with Gasteiger partial charge >= 0.3 is 7.82 Å². The van der Waals surface area contributed by atoms with Crippen molar-refractivity contribution in [3.8, 4) is 5.75 Å². The standard InChI is InChI=1S/C17H19BrN5O8P/c18-9-3-1-2-8(4-19-15-11-16(21-6-20-11)23-7-22-15)14(9)31-17-13(25)12(24)10(30-17)5-29-32(26,27)28/h1-3,6-7,10,12-13,17,24-25H,4-5H2,(H2,26,27,28)(H2,19,20,21,22,23)/t10-,12-,13-,17?/m1/s1. The van der Waals surface area contributed by atoms with Crippen molar-refractivity contribution in [3.63, 3.8) is 0 Å². The molecule has 0 amide bonds. The summed E-state index contributed by atoms with van der Waals surface area (Å²) in [5.41, 5.74) is 1.81. The van der Waals surface area contributed by atoms with Crippen LogP contribution in [-0.4, -0.2) is 71.1 Å². The summed E-state index contributed by atoms with van der Waals surface area (Å²) in [6.45, 7) is -0.351. The number of aromatic amines is 1. The first-order valence-electron chi connectivity index (χ1n) is 9.26. The van der Waals surface area contributed by atoms with Gasteiger partial charge in [-0.25, -0.2) is 19.5 Å². The number of aliphatic hydroxyl groups is 2. The third kappa shape index (κ3) is 5.08. The van der Waals surface area contributed by atoms with E-state index in [0.29, 0.717) is 32.8 Å². The fourth-order valence-electron chi connectivity index (χ4n) is 3.14. The number of aliphatic hydroxyl groups excluding tert-OH is 2. The molecule has 1 aliphatic rings. The smallest absolute Gasteiger partial charge is 0.460 e. The zero-order valence-corrected chi connectivity index (χ0v) is 18.7. The van der Waals surface area contributed by atoms with Crippen LogP contribution in [0.15, 0.2) is 35.3 Å². The molecule has 4 atom stereocenters. The van der Waals surface area contributed by atoms with Crippen molar-refractivity contribution >= 4 is 40.7 Å². The zero-order chi connectivity index (χ0) is 22.9. The molecule has 1 fully saturated rings. The van der Waals surface area contributed by atoms with Crippen molar-refractivity contribution in [3.05, 3.63) is 40.9 Å². The highest BCUT2D eigenvalue weighted by molar-refractivity contribution is 9.10. The molecule has 1 aromatic carbocycles. The number of imidazole rings is 1. The monoisotopic (exact) mass is 531 g/mol. The van der Waals surface area contributed by atoms with Crippen molar-refractivity contribution in [2.24, 2.45) is 0 Å². The maximum Gasteiger partial charge on any atom is 0.469 e. The normalized spacial score (nSPS) is 23.5. The van der Waals surface area contributed by atoms with E-state index in [4.69, 9.17) is 19.3 Å². The minimum atomic E-state index is -4.76. The van der Waals surface area contributed by atoms with Crippen molar-refractivity contribution in [1.82, 2.24) is 19.9 Å². The van der Waals surface area contributed by atoms with Gasteiger partial charge in [-0.2, -0.15) is 0 Å². The van der Waals surface area contributed by atoms with Crippen LogP contribution in [0.3, 0.4) is 0 Å². The van der Waals surface area contributed by atoms with Crippen LogP contribution in [0, 0.1) is 0 Å². The molecule has 4 rings (SSSR count). The number of aromatic nitrogens is 4. The third-order valence-corrected chi connectivity index (χ3v) is 5.79. The van der Waals surface area contributed by atoms with Gasteiger partial charge in [-0.3, -0.25) is 4.52 Å². The summed E-state index contributed by atoms with van der Waals surface area (Å²) in [4.78, 5) is 33.0. The molecule has 1 aliphatic heterocycles. The van der Waals surface area contributed by atoms with E-state index in [-0.39, 0.29) is 6.54 Å². The predicted octanol–water partition coefficient (Wildman–Crippen LogP) is 0.662. The van der Waals surface area contributed by atoms with Gasteiger partial charge in [0, 0.05) is 12.1 Å². The molecule has 0 spiro atoms. The van der Waals surface area contributed by atoms with Crippen LogP contribution in [-0.2, 0) is 20.4 Å². The molecule has 0 aliphatic carbocycles. The van der Waals surface area contributed by atoms with Crippen LogP contribution >= 0.6 is 23.8 Å². The molecule has 1 unspecified atom stereocenters. The fraction of sp³-hybridized carbons (Fsp3) is 0.353. The van der Waals surface area contributed by atoms with Gasteiger partial charge in [0.1, 0.15) is 35.9 Å². The summed E-state index contributed by atoms with van der Waals surface area (Å²) in [7, 11) is -4.76. The topological polar surface area (TPSA) is 192 Å². The molecule has 32 heavy (non-hydrogen) atoms. The second kappa shape index (κ2) is 9.37. The average molecular weight is 532 g/mol. The molecule has 0 saturated carbocycles. The minimum Gasteiger partial charge on any atom is -0.460 e. The number of phosphoric acid groups is 1. The van der Waals surface area contributed by atoms with E-state index < -0.39 is 39.0 Å². The number of ether oxygens (including phenoxy) is 2. The SMILES string of the molecule is O=P(O)(O)OC[C@H]1OC(Oc2c(Br)cccc2CNc2ncnc3nc[nH]c23)[C@H](O)[C@@H]1O. The molecule has 3 aromatic rings. The molecule has 13 nitrogen and oxygen atoms in total. The van der Waals surface area contributed by atoms with Crippen LogP contribution in [0.25, 0.3) is 11.2 Å². The van der Waals surface area contributed by atoms with Crippen LogP contribution in [0.1, 0.15) is 5.56 Å². The highest BCUT2D eigenvalue weighted by Gasteiger charge is 2.45. The summed E-state index contributed by atoms with van der Waals surface area (Å²) in [6, 6.07) is 5.30. The van der Waals surface area contributed by atoms with Crippen LogP contribution in [0.5, 0.6) is 5.75 Å². The number of hydrogen-bond acceptors (Lipinski definition) is 10. The highest BCUT2D eigenvalue weighted by atomic mass is 79.9. The molecule has 172 valence electrons. The van der Waals surface area contributed by atoms with Gasteiger partial charge in [0.25, 0.3) is 0 Å². The summed E-state index contributed by atoms with van der Waals surface area (Å²) >= 11 is 3.40. The quantitative estimate of drug-likeness (QED) is 0.223. The van der Waals surface area contributed by atoms with Crippen LogP contribution < -0.4 is 10.1 Å². The van der Waals surface area contributed by atoms with Crippen LogP contribution in [0.4, 0.5) is 5.82 Å². The molecule has 2 aromatic heterocycles. The molecule has 6 N–H and O–H groups in total. The van der Waals surface area contributed by atoms with Crippen molar-refractivity contribution < 1.29 is 38.6 Å². The Hall–Kier alpha value is -2.16. The summed E-state index contributed by atoms with van der Waals surface area (Å²) in [5.74, 6) is 0.864. The van der Waals surface area contributed by atoms with Gasteiger partial charge in [0.15, 0.2) is 11.5 Å². The maximum absolute atomic E-state index is 10.9. The highest BCUT2D eigenvalue weighted by Crippen LogP contribution is 2.38.